The van der Waals surface area contributed by atoms with Gasteiger partial charge in [-0.2, -0.15) is 0 Å². The number of hydrogen-bond acceptors (Lipinski definition) is 6. The third-order valence-corrected chi connectivity index (χ3v) is 4.28. The highest BCUT2D eigenvalue weighted by molar-refractivity contribution is 7.98. The van der Waals surface area contributed by atoms with E-state index in [1.807, 2.05) is 30.3 Å². The normalized spacial score (nSPS) is 12.6. The molecular formula is C15H17N5O2S. The van der Waals surface area contributed by atoms with Crippen LogP contribution in [0.2, 0.25) is 0 Å². The quantitative estimate of drug-likeness (QED) is 0.501. The minimum absolute atomic E-state index is 0.105. The van der Waals surface area contributed by atoms with Gasteiger partial charge in [-0.1, -0.05) is 42.1 Å². The van der Waals surface area contributed by atoms with Crippen LogP contribution in [0.1, 0.15) is 5.56 Å². The number of fused-ring (bicyclic) bond motifs is 1. The molecule has 3 rings (SSSR count). The first kappa shape index (κ1) is 15.7. The Balaban J connectivity index is 1.86. The average Bonchev–Trinajstić information content (AvgIpc) is 3.02. The molecule has 0 amide bonds. The van der Waals surface area contributed by atoms with Gasteiger partial charge in [0, 0.05) is 5.75 Å². The van der Waals surface area contributed by atoms with E-state index in [4.69, 9.17) is 10.5 Å². The summed E-state index contributed by atoms with van der Waals surface area (Å²) in [5, 5.41) is 27.2. The number of benzene rings is 1. The van der Waals surface area contributed by atoms with Gasteiger partial charge < -0.3 is 19.8 Å². The zero-order chi connectivity index (χ0) is 16.2. The average molecular weight is 331 g/mol. The van der Waals surface area contributed by atoms with Gasteiger partial charge in [-0.3, -0.25) is 5.41 Å². The van der Waals surface area contributed by atoms with Gasteiger partial charge >= 0.3 is 0 Å². The third-order valence-electron chi connectivity index (χ3n) is 3.33. The van der Waals surface area contributed by atoms with Crippen molar-refractivity contribution in [2.45, 2.75) is 23.6 Å². The van der Waals surface area contributed by atoms with Crippen LogP contribution < -0.4 is 5.49 Å². The predicted octanol–water partition coefficient (Wildman–Crippen LogP) is 0.884. The number of aromatic amines is 1. The summed E-state index contributed by atoms with van der Waals surface area (Å²) in [5.74, 6) is 0.765. The Morgan fingerprint density at radius 2 is 2.09 bits per heavy atom. The number of aliphatic hydroxyl groups is 2. The number of imidazole rings is 1. The maximum Gasteiger partial charge on any atom is 0.173 e. The van der Waals surface area contributed by atoms with E-state index >= 15 is 0 Å². The van der Waals surface area contributed by atoms with Crippen LogP contribution in [0, 0.1) is 5.41 Å². The molecule has 1 aromatic carbocycles. The van der Waals surface area contributed by atoms with E-state index in [1.165, 1.54) is 23.7 Å². The molecular weight excluding hydrogens is 314 g/mol. The van der Waals surface area contributed by atoms with E-state index in [2.05, 4.69) is 15.0 Å². The molecule has 4 N–H and O–H groups in total. The molecule has 1 unspecified atom stereocenters. The van der Waals surface area contributed by atoms with Crippen molar-refractivity contribution in [1.29, 1.82) is 5.41 Å². The van der Waals surface area contributed by atoms with Gasteiger partial charge in [-0.15, -0.1) is 0 Å². The van der Waals surface area contributed by atoms with Crippen LogP contribution in [0.5, 0.6) is 0 Å². The second-order valence-electron chi connectivity index (χ2n) is 5.10. The number of nitrogens with zero attached hydrogens (tertiary/aromatic N) is 3. The van der Waals surface area contributed by atoms with Gasteiger partial charge in [0.1, 0.15) is 5.52 Å². The zero-order valence-corrected chi connectivity index (χ0v) is 13.1. The lowest BCUT2D eigenvalue weighted by atomic mass is 10.2. The van der Waals surface area contributed by atoms with Crippen LogP contribution in [0.4, 0.5) is 0 Å². The number of H-pyrrole nitrogens is 1. The molecule has 0 fully saturated rings. The molecule has 0 radical (unpaired) electrons. The molecule has 0 spiro atoms. The summed E-state index contributed by atoms with van der Waals surface area (Å²) in [6.45, 7) is -0.162. The van der Waals surface area contributed by atoms with E-state index in [9.17, 15) is 5.11 Å². The van der Waals surface area contributed by atoms with E-state index in [-0.39, 0.29) is 18.6 Å². The van der Waals surface area contributed by atoms with E-state index < -0.39 is 6.10 Å². The summed E-state index contributed by atoms with van der Waals surface area (Å²) in [5.41, 5.74) is 2.36. The standard InChI is InChI=1S/C15H17N5O2S/c16-13-12-14(20(9-17-13)6-11(22)7-21)19-15(18-12)23-8-10-4-2-1-3-5-10/h1-5,9,11,16,21-22H,6-8H2,(H,18,19). The minimum atomic E-state index is -0.890. The summed E-state index contributed by atoms with van der Waals surface area (Å²) in [6, 6.07) is 10.0. The summed E-state index contributed by atoms with van der Waals surface area (Å²) in [6.07, 6.45) is 0.564. The van der Waals surface area contributed by atoms with Crippen molar-refractivity contribution in [2.75, 3.05) is 6.61 Å². The highest BCUT2D eigenvalue weighted by Crippen LogP contribution is 2.21. The zero-order valence-electron chi connectivity index (χ0n) is 12.3. The van der Waals surface area contributed by atoms with E-state index in [1.54, 1.807) is 4.57 Å². The van der Waals surface area contributed by atoms with Crippen molar-refractivity contribution in [2.24, 2.45) is 0 Å². The molecule has 0 aliphatic heterocycles. The number of rotatable bonds is 6. The van der Waals surface area contributed by atoms with Crippen LogP contribution in [0.15, 0.2) is 41.8 Å². The first-order valence-electron chi connectivity index (χ1n) is 7.13. The van der Waals surface area contributed by atoms with Gasteiger partial charge in [0.15, 0.2) is 16.3 Å². The topological polar surface area (TPSA) is 111 Å². The fourth-order valence-corrected chi connectivity index (χ4v) is 3.00. The monoisotopic (exact) mass is 331 g/mol. The molecule has 2 heterocycles. The largest absolute Gasteiger partial charge is 0.394 e. The molecule has 120 valence electrons. The van der Waals surface area contributed by atoms with Crippen molar-refractivity contribution < 1.29 is 10.2 Å². The fraction of sp³-hybridized carbons (Fsp3) is 0.267. The van der Waals surface area contributed by atoms with Crippen molar-refractivity contribution in [3.8, 4) is 0 Å². The highest BCUT2D eigenvalue weighted by atomic mass is 32.2. The number of aliphatic hydroxyl groups excluding tert-OH is 2. The van der Waals surface area contributed by atoms with E-state index in [0.29, 0.717) is 16.3 Å². The lowest BCUT2D eigenvalue weighted by Gasteiger charge is -2.10. The Labute approximate surface area is 136 Å². The predicted molar refractivity (Wildman–Crippen MR) is 86.8 cm³/mol. The Hall–Kier alpha value is -2.16. The van der Waals surface area contributed by atoms with Crippen LogP contribution >= 0.6 is 11.8 Å². The first-order chi connectivity index (χ1) is 11.2. The second kappa shape index (κ2) is 6.95. The molecule has 0 saturated carbocycles. The van der Waals surface area contributed by atoms with Crippen LogP contribution in [0.3, 0.4) is 0 Å². The molecule has 8 heteroatoms. The number of hydrogen-bond donors (Lipinski definition) is 4. The molecule has 23 heavy (non-hydrogen) atoms. The molecule has 2 aromatic heterocycles. The van der Waals surface area contributed by atoms with Crippen molar-refractivity contribution in [3.05, 3.63) is 47.7 Å². The van der Waals surface area contributed by atoms with Crippen LogP contribution in [0.25, 0.3) is 11.2 Å². The second-order valence-corrected chi connectivity index (χ2v) is 6.06. The molecule has 1 atom stereocenters. The number of aromatic nitrogens is 4. The summed E-state index contributed by atoms with van der Waals surface area (Å²) >= 11 is 1.54. The molecule has 0 aliphatic rings. The van der Waals surface area contributed by atoms with Crippen molar-refractivity contribution >= 4 is 22.9 Å². The van der Waals surface area contributed by atoms with Gasteiger partial charge in [-0.05, 0) is 5.56 Å². The van der Waals surface area contributed by atoms with Gasteiger partial charge in [-0.25, -0.2) is 9.97 Å². The van der Waals surface area contributed by atoms with Gasteiger partial charge in [0.05, 0.1) is 25.6 Å². The van der Waals surface area contributed by atoms with E-state index in [0.717, 1.165) is 5.75 Å². The fourth-order valence-electron chi connectivity index (χ4n) is 2.18. The van der Waals surface area contributed by atoms with Crippen molar-refractivity contribution in [3.63, 3.8) is 0 Å². The molecule has 7 nitrogen and oxygen atoms in total. The smallest absolute Gasteiger partial charge is 0.173 e. The maximum atomic E-state index is 9.61. The first-order valence-corrected chi connectivity index (χ1v) is 8.11. The molecule has 3 aromatic rings. The third kappa shape index (κ3) is 3.61. The Morgan fingerprint density at radius 1 is 1.30 bits per heavy atom. The molecule has 0 saturated heterocycles. The van der Waals surface area contributed by atoms with Crippen molar-refractivity contribution in [1.82, 2.24) is 19.5 Å². The number of nitrogens with one attached hydrogen (secondary N) is 2. The Bertz CT molecular complexity index is 846. The molecule has 0 bridgehead atoms. The lowest BCUT2D eigenvalue weighted by molar-refractivity contribution is 0.0817. The van der Waals surface area contributed by atoms with Crippen LogP contribution in [-0.2, 0) is 12.3 Å². The van der Waals surface area contributed by atoms with Gasteiger partial charge in [0.25, 0.3) is 0 Å². The SMILES string of the molecule is N=c1ncn(CC(O)CO)c2nc(SCc3ccccc3)[nH]c12. The summed E-state index contributed by atoms with van der Waals surface area (Å²) < 4.78 is 1.64. The van der Waals surface area contributed by atoms with Gasteiger partial charge in [0.2, 0.25) is 0 Å². The maximum absolute atomic E-state index is 9.61. The summed E-state index contributed by atoms with van der Waals surface area (Å²) in [7, 11) is 0. The highest BCUT2D eigenvalue weighted by Gasteiger charge is 2.12. The summed E-state index contributed by atoms with van der Waals surface area (Å²) in [4.78, 5) is 11.6. The minimum Gasteiger partial charge on any atom is -0.394 e. The Kier molecular flexibility index (Phi) is 4.75. The lowest BCUT2D eigenvalue weighted by Crippen LogP contribution is -2.22. The molecule has 0 aliphatic carbocycles. The van der Waals surface area contributed by atoms with Crippen LogP contribution in [-0.4, -0.2) is 42.4 Å². The number of thioether (sulfide) groups is 1. The Morgan fingerprint density at radius 3 is 2.83 bits per heavy atom.